The molecular formula is C36H62O4. The van der Waals surface area contributed by atoms with E-state index in [1.807, 2.05) is 0 Å². The maximum atomic E-state index is 11.9. The molecule has 0 aromatic rings. The molecule has 0 rings (SSSR count). The lowest BCUT2D eigenvalue weighted by atomic mass is 10.1. The minimum atomic E-state index is -0.375. The molecule has 0 aromatic carbocycles. The summed E-state index contributed by atoms with van der Waals surface area (Å²) in [7, 11) is 0. The van der Waals surface area contributed by atoms with Crippen LogP contribution in [-0.4, -0.2) is 23.1 Å². The quantitative estimate of drug-likeness (QED) is 0.0449. The molecule has 0 amide bonds. The maximum Gasteiger partial charge on any atom is 0.313 e. The Morgan fingerprint density at radius 1 is 0.575 bits per heavy atom. The average Bonchev–Trinajstić information content (AvgIpc) is 2.94. The summed E-state index contributed by atoms with van der Waals surface area (Å²) < 4.78 is 4.97. The number of rotatable bonds is 28. The van der Waals surface area contributed by atoms with Crippen LogP contribution < -0.4 is 0 Å². The van der Waals surface area contributed by atoms with E-state index >= 15 is 0 Å². The Kier molecular flexibility index (Phi) is 30.1. The first-order valence-corrected chi connectivity index (χ1v) is 16.6. The van der Waals surface area contributed by atoms with E-state index in [1.165, 1.54) is 32.1 Å². The summed E-state index contributed by atoms with van der Waals surface area (Å²) in [4.78, 5) is 23.8. The molecule has 1 N–H and O–H groups in total. The van der Waals surface area contributed by atoms with E-state index < -0.39 is 0 Å². The molecule has 0 bridgehead atoms. The SMILES string of the molecule is CC/C=C\C/C=C\C/C=C\CCCCCCCC(=O)OC(=O)CCCCCCC/C=C\C[C@H](O)CCCCCC. The standard InChI is InChI=1S/C36H62O4/c1-3-5-7-9-10-11-12-13-14-15-16-17-21-24-28-32-35(38)40-36(39)33-29-25-22-19-18-20-23-27-31-34(37)30-26-8-6-4-2/h5,7,10-11,13-14,23,27,34,37H,3-4,6,8-9,12,15-22,24-26,28-33H2,1-2H3/b7-5-,11-10-,14-13-,27-23-/t34-/m1/s1. The van der Waals surface area contributed by atoms with Crippen LogP contribution in [0.4, 0.5) is 0 Å². The Labute approximate surface area is 247 Å². The molecule has 230 valence electrons. The van der Waals surface area contributed by atoms with Crippen LogP contribution in [0.2, 0.25) is 0 Å². The van der Waals surface area contributed by atoms with Crippen LogP contribution in [0.1, 0.15) is 162 Å². The van der Waals surface area contributed by atoms with Gasteiger partial charge in [0.2, 0.25) is 0 Å². The Morgan fingerprint density at radius 3 is 1.62 bits per heavy atom. The highest BCUT2D eigenvalue weighted by Crippen LogP contribution is 2.12. The minimum Gasteiger partial charge on any atom is -0.393 e. The van der Waals surface area contributed by atoms with Crippen LogP contribution >= 0.6 is 0 Å². The first kappa shape index (κ1) is 38.1. The highest BCUT2D eigenvalue weighted by atomic mass is 16.6. The lowest BCUT2D eigenvalue weighted by molar-refractivity contribution is -0.159. The fourth-order valence-electron chi connectivity index (χ4n) is 4.48. The highest BCUT2D eigenvalue weighted by Gasteiger charge is 2.09. The lowest BCUT2D eigenvalue weighted by Crippen LogP contribution is -2.11. The Morgan fingerprint density at radius 2 is 1.05 bits per heavy atom. The molecule has 4 nitrogen and oxygen atoms in total. The van der Waals surface area contributed by atoms with Crippen molar-refractivity contribution in [1.29, 1.82) is 0 Å². The maximum absolute atomic E-state index is 11.9. The van der Waals surface area contributed by atoms with E-state index in [4.69, 9.17) is 4.74 Å². The summed E-state index contributed by atoms with van der Waals surface area (Å²) in [6.07, 6.45) is 40.3. The number of hydrogen-bond donors (Lipinski definition) is 1. The Balaban J connectivity index is 3.48. The van der Waals surface area contributed by atoms with Crippen molar-refractivity contribution in [3.05, 3.63) is 48.6 Å². The molecule has 0 saturated heterocycles. The molecule has 0 aliphatic carbocycles. The molecule has 0 aromatic heterocycles. The van der Waals surface area contributed by atoms with Gasteiger partial charge in [-0.1, -0.05) is 127 Å². The third kappa shape index (κ3) is 30.6. The monoisotopic (exact) mass is 558 g/mol. The van der Waals surface area contributed by atoms with Gasteiger partial charge in [-0.05, 0) is 70.6 Å². The van der Waals surface area contributed by atoms with Crippen molar-refractivity contribution in [3.8, 4) is 0 Å². The van der Waals surface area contributed by atoms with Crippen LogP contribution in [-0.2, 0) is 14.3 Å². The zero-order chi connectivity index (χ0) is 29.4. The minimum absolute atomic E-state index is 0.196. The molecule has 0 heterocycles. The van der Waals surface area contributed by atoms with Crippen molar-refractivity contribution in [2.45, 2.75) is 168 Å². The van der Waals surface area contributed by atoms with Crippen molar-refractivity contribution in [2.24, 2.45) is 0 Å². The normalized spacial score (nSPS) is 12.9. The molecule has 0 aliphatic rings. The van der Waals surface area contributed by atoms with E-state index in [2.05, 4.69) is 62.5 Å². The first-order valence-electron chi connectivity index (χ1n) is 16.6. The number of carbonyl (C=O) groups excluding carboxylic acids is 2. The number of allylic oxidation sites excluding steroid dienone is 7. The van der Waals surface area contributed by atoms with Gasteiger partial charge in [-0.25, -0.2) is 0 Å². The summed E-state index contributed by atoms with van der Waals surface area (Å²) >= 11 is 0. The molecule has 0 saturated carbocycles. The van der Waals surface area contributed by atoms with E-state index in [9.17, 15) is 14.7 Å². The van der Waals surface area contributed by atoms with Gasteiger partial charge >= 0.3 is 11.9 Å². The second kappa shape index (κ2) is 31.6. The van der Waals surface area contributed by atoms with Gasteiger partial charge in [0, 0.05) is 12.8 Å². The zero-order valence-electron chi connectivity index (χ0n) is 26.1. The van der Waals surface area contributed by atoms with Gasteiger partial charge in [-0.15, -0.1) is 0 Å². The Hall–Kier alpha value is -1.94. The van der Waals surface area contributed by atoms with Gasteiger partial charge in [0.15, 0.2) is 0 Å². The molecule has 0 aliphatic heterocycles. The van der Waals surface area contributed by atoms with Gasteiger partial charge < -0.3 is 9.84 Å². The molecular weight excluding hydrogens is 496 g/mol. The van der Waals surface area contributed by atoms with Crippen molar-refractivity contribution in [1.82, 2.24) is 0 Å². The largest absolute Gasteiger partial charge is 0.393 e. The summed E-state index contributed by atoms with van der Waals surface area (Å²) in [6, 6.07) is 0. The van der Waals surface area contributed by atoms with Crippen molar-refractivity contribution >= 4 is 11.9 Å². The van der Waals surface area contributed by atoms with Crippen molar-refractivity contribution < 1.29 is 19.4 Å². The molecule has 4 heteroatoms. The topological polar surface area (TPSA) is 63.6 Å². The molecule has 0 unspecified atom stereocenters. The second-order valence-corrected chi connectivity index (χ2v) is 11.0. The van der Waals surface area contributed by atoms with Crippen LogP contribution in [0, 0.1) is 0 Å². The number of unbranched alkanes of at least 4 members (excludes halogenated alkanes) is 13. The van der Waals surface area contributed by atoms with E-state index in [1.54, 1.807) is 0 Å². The molecule has 0 fully saturated rings. The Bertz CT molecular complexity index is 689. The van der Waals surface area contributed by atoms with E-state index in [-0.39, 0.29) is 18.0 Å². The molecule has 0 spiro atoms. The number of esters is 2. The molecule has 0 radical (unpaired) electrons. The van der Waals surface area contributed by atoms with Crippen LogP contribution in [0.5, 0.6) is 0 Å². The predicted octanol–water partition coefficient (Wildman–Crippen LogP) is 10.7. The smallest absolute Gasteiger partial charge is 0.313 e. The third-order valence-corrected chi connectivity index (χ3v) is 6.98. The first-order chi connectivity index (χ1) is 19.6. The van der Waals surface area contributed by atoms with Crippen LogP contribution in [0.25, 0.3) is 0 Å². The lowest BCUT2D eigenvalue weighted by Gasteiger charge is -2.07. The van der Waals surface area contributed by atoms with Crippen LogP contribution in [0.3, 0.4) is 0 Å². The summed E-state index contributed by atoms with van der Waals surface area (Å²) in [5.74, 6) is -0.746. The summed E-state index contributed by atoms with van der Waals surface area (Å²) in [6.45, 7) is 4.35. The highest BCUT2D eigenvalue weighted by molar-refractivity contribution is 5.85. The van der Waals surface area contributed by atoms with E-state index in [0.29, 0.717) is 12.8 Å². The zero-order valence-corrected chi connectivity index (χ0v) is 26.1. The number of carbonyl (C=O) groups is 2. The van der Waals surface area contributed by atoms with Crippen molar-refractivity contribution in [2.75, 3.05) is 0 Å². The molecule has 1 atom stereocenters. The number of aliphatic hydroxyl groups is 1. The second-order valence-electron chi connectivity index (χ2n) is 11.0. The number of ether oxygens (including phenoxy) is 1. The predicted molar refractivity (Wildman–Crippen MR) is 171 cm³/mol. The van der Waals surface area contributed by atoms with Gasteiger partial charge in [-0.2, -0.15) is 0 Å². The van der Waals surface area contributed by atoms with Gasteiger partial charge in [0.25, 0.3) is 0 Å². The average molecular weight is 559 g/mol. The fourth-order valence-corrected chi connectivity index (χ4v) is 4.48. The summed E-state index contributed by atoms with van der Waals surface area (Å²) in [5, 5.41) is 9.97. The summed E-state index contributed by atoms with van der Waals surface area (Å²) in [5.41, 5.74) is 0. The third-order valence-electron chi connectivity index (χ3n) is 6.98. The van der Waals surface area contributed by atoms with Crippen molar-refractivity contribution in [3.63, 3.8) is 0 Å². The fraction of sp³-hybridized carbons (Fsp3) is 0.722. The number of hydrogen-bond acceptors (Lipinski definition) is 4. The van der Waals surface area contributed by atoms with Gasteiger partial charge in [0.1, 0.15) is 0 Å². The van der Waals surface area contributed by atoms with Gasteiger partial charge in [-0.3, -0.25) is 9.59 Å². The number of aliphatic hydroxyl groups excluding tert-OH is 1. The van der Waals surface area contributed by atoms with Crippen LogP contribution in [0.15, 0.2) is 48.6 Å². The molecule has 40 heavy (non-hydrogen) atoms. The van der Waals surface area contributed by atoms with Gasteiger partial charge in [0.05, 0.1) is 6.10 Å². The van der Waals surface area contributed by atoms with E-state index in [0.717, 1.165) is 103 Å².